The maximum absolute atomic E-state index is 13.0. The van der Waals surface area contributed by atoms with Crippen LogP contribution in [0.1, 0.15) is 27.7 Å². The smallest absolute Gasteiger partial charge is 0.341 e. The molecule has 0 amide bonds. The molecule has 0 unspecified atom stereocenters. The second-order valence-electron chi connectivity index (χ2n) is 7.60. The Morgan fingerprint density at radius 3 is 2.57 bits per heavy atom. The molecule has 178 valence electrons. The highest BCUT2D eigenvalue weighted by molar-refractivity contribution is 7.16. The van der Waals surface area contributed by atoms with Crippen molar-refractivity contribution in [2.75, 3.05) is 13.7 Å². The predicted octanol–water partition coefficient (Wildman–Crippen LogP) is 5.79. The monoisotopic (exact) mass is 489 g/mol. The SMILES string of the molecule is CCOC(=O)c1c(N=Cc2cc([N+](=O)[O-])ccc2[O-])sc(C)c1-c1ccc2cc(OC)ccc2c1. The summed E-state index contributed by atoms with van der Waals surface area (Å²) in [4.78, 5) is 28.7. The van der Waals surface area contributed by atoms with Crippen molar-refractivity contribution in [2.24, 2.45) is 4.99 Å². The quantitative estimate of drug-likeness (QED) is 0.140. The first kappa shape index (κ1) is 23.9. The third kappa shape index (κ3) is 4.85. The van der Waals surface area contributed by atoms with Gasteiger partial charge in [0.25, 0.3) is 5.69 Å². The van der Waals surface area contributed by atoms with E-state index < -0.39 is 16.6 Å². The molecule has 0 aliphatic carbocycles. The van der Waals surface area contributed by atoms with Crippen LogP contribution in [-0.4, -0.2) is 30.8 Å². The number of nitro benzene ring substituents is 1. The largest absolute Gasteiger partial charge is 0.872 e. The van der Waals surface area contributed by atoms with Gasteiger partial charge in [-0.25, -0.2) is 9.79 Å². The van der Waals surface area contributed by atoms with E-state index in [1.165, 1.54) is 17.6 Å². The average Bonchev–Trinajstić information content (AvgIpc) is 3.18. The van der Waals surface area contributed by atoms with E-state index in [2.05, 4.69) is 4.99 Å². The Kier molecular flexibility index (Phi) is 6.79. The topological polar surface area (TPSA) is 114 Å². The fourth-order valence-corrected chi connectivity index (χ4v) is 4.75. The van der Waals surface area contributed by atoms with Crippen LogP contribution < -0.4 is 9.84 Å². The van der Waals surface area contributed by atoms with Crippen molar-refractivity contribution >= 4 is 45.0 Å². The molecule has 1 aromatic heterocycles. The van der Waals surface area contributed by atoms with E-state index in [1.54, 1.807) is 14.0 Å². The lowest BCUT2D eigenvalue weighted by atomic mass is 9.98. The number of methoxy groups -OCH3 is 1. The molecule has 35 heavy (non-hydrogen) atoms. The fraction of sp³-hybridized carbons (Fsp3) is 0.154. The van der Waals surface area contributed by atoms with E-state index in [0.29, 0.717) is 10.6 Å². The van der Waals surface area contributed by atoms with Gasteiger partial charge in [-0.05, 0) is 53.9 Å². The Morgan fingerprint density at radius 2 is 1.86 bits per heavy atom. The molecule has 4 aromatic rings. The van der Waals surface area contributed by atoms with Crippen LogP contribution in [0.2, 0.25) is 0 Å². The van der Waals surface area contributed by atoms with Gasteiger partial charge in [-0.3, -0.25) is 10.1 Å². The van der Waals surface area contributed by atoms with Crippen molar-refractivity contribution in [1.29, 1.82) is 0 Å². The number of nitro groups is 1. The molecule has 4 rings (SSSR count). The number of non-ortho nitro benzene ring substituents is 1. The standard InChI is InChI=1S/C26H22N2O6S/c1-4-34-26(30)24-23(18-6-5-17-13-21(33-3)9-7-16(17)11-18)15(2)35-25(24)27-14-19-12-20(28(31)32)8-10-22(19)29/h5-14,29H,4H2,1-3H3/p-1. The van der Waals surface area contributed by atoms with Gasteiger partial charge in [0.1, 0.15) is 16.3 Å². The Hall–Kier alpha value is -4.24. The summed E-state index contributed by atoms with van der Waals surface area (Å²) in [5.41, 5.74) is 1.64. The number of esters is 1. The molecule has 0 saturated carbocycles. The second kappa shape index (κ2) is 9.94. The summed E-state index contributed by atoms with van der Waals surface area (Å²) in [6, 6.07) is 15.0. The normalized spacial score (nSPS) is 11.2. The van der Waals surface area contributed by atoms with Crippen molar-refractivity contribution in [3.05, 3.63) is 80.7 Å². The maximum Gasteiger partial charge on any atom is 0.341 e. The summed E-state index contributed by atoms with van der Waals surface area (Å²) >= 11 is 1.28. The van der Waals surface area contributed by atoms with Crippen molar-refractivity contribution < 1.29 is 24.3 Å². The lowest BCUT2D eigenvalue weighted by molar-refractivity contribution is -0.385. The third-order valence-electron chi connectivity index (χ3n) is 5.41. The van der Waals surface area contributed by atoms with Crippen LogP contribution in [0.3, 0.4) is 0 Å². The van der Waals surface area contributed by atoms with Crippen molar-refractivity contribution in [1.82, 2.24) is 0 Å². The van der Waals surface area contributed by atoms with Crippen LogP contribution in [0.5, 0.6) is 11.5 Å². The Balaban J connectivity index is 1.83. The van der Waals surface area contributed by atoms with Crippen molar-refractivity contribution in [3.63, 3.8) is 0 Å². The molecule has 8 nitrogen and oxygen atoms in total. The lowest BCUT2D eigenvalue weighted by Gasteiger charge is -2.10. The molecule has 0 radical (unpaired) electrons. The molecule has 1 heterocycles. The van der Waals surface area contributed by atoms with Gasteiger partial charge in [-0.2, -0.15) is 0 Å². The van der Waals surface area contributed by atoms with Crippen LogP contribution in [0.4, 0.5) is 10.7 Å². The first-order valence-corrected chi connectivity index (χ1v) is 11.5. The summed E-state index contributed by atoms with van der Waals surface area (Å²) in [6.07, 6.45) is 1.25. The number of rotatable bonds is 7. The van der Waals surface area contributed by atoms with Crippen LogP contribution in [0.15, 0.2) is 59.6 Å². The molecule has 3 aromatic carbocycles. The number of thiophene rings is 1. The van der Waals surface area contributed by atoms with E-state index in [-0.39, 0.29) is 23.4 Å². The Morgan fingerprint density at radius 1 is 1.11 bits per heavy atom. The molecule has 0 atom stereocenters. The van der Waals surface area contributed by atoms with E-state index in [9.17, 15) is 20.0 Å². The molecule has 0 bridgehead atoms. The van der Waals surface area contributed by atoms with Crippen LogP contribution in [0, 0.1) is 17.0 Å². The number of hydrogen-bond acceptors (Lipinski definition) is 8. The van der Waals surface area contributed by atoms with Crippen molar-refractivity contribution in [3.8, 4) is 22.6 Å². The predicted molar refractivity (Wildman–Crippen MR) is 134 cm³/mol. The van der Waals surface area contributed by atoms with Gasteiger partial charge >= 0.3 is 5.97 Å². The average molecular weight is 490 g/mol. The summed E-state index contributed by atoms with van der Waals surface area (Å²) in [5.74, 6) is -0.189. The van der Waals surface area contributed by atoms with Gasteiger partial charge in [0, 0.05) is 28.8 Å². The van der Waals surface area contributed by atoms with Crippen molar-refractivity contribution in [2.45, 2.75) is 13.8 Å². The van der Waals surface area contributed by atoms with Gasteiger partial charge in [0.15, 0.2) is 0 Å². The Bertz CT molecular complexity index is 1470. The minimum atomic E-state index is -0.580. The zero-order chi connectivity index (χ0) is 25.1. The lowest BCUT2D eigenvalue weighted by Crippen LogP contribution is -2.05. The number of aliphatic imine (C=N–C) groups is 1. The summed E-state index contributed by atoms with van der Waals surface area (Å²) in [5, 5.41) is 25.6. The van der Waals surface area contributed by atoms with Crippen LogP contribution in [0.25, 0.3) is 21.9 Å². The van der Waals surface area contributed by atoms with Gasteiger partial charge in [0.05, 0.1) is 18.6 Å². The first-order chi connectivity index (χ1) is 16.8. The summed E-state index contributed by atoms with van der Waals surface area (Å²) in [7, 11) is 1.61. The zero-order valence-electron chi connectivity index (χ0n) is 19.2. The number of carbonyl (C=O) groups is 1. The molecule has 9 heteroatoms. The van der Waals surface area contributed by atoms with Crippen LogP contribution in [-0.2, 0) is 4.74 Å². The van der Waals surface area contributed by atoms with E-state index in [0.717, 1.165) is 45.2 Å². The molecule has 0 aliphatic rings. The van der Waals surface area contributed by atoms with E-state index in [1.807, 2.05) is 43.3 Å². The van der Waals surface area contributed by atoms with E-state index in [4.69, 9.17) is 9.47 Å². The number of nitrogens with zero attached hydrogens (tertiary/aromatic N) is 2. The number of benzene rings is 3. The number of aryl methyl sites for hydroxylation is 1. The Labute approximate surface area is 205 Å². The number of hydrogen-bond donors (Lipinski definition) is 0. The molecule has 0 aliphatic heterocycles. The van der Waals surface area contributed by atoms with Crippen LogP contribution >= 0.6 is 11.3 Å². The molecule has 0 fully saturated rings. The number of carbonyl (C=O) groups excluding carboxylic acids is 1. The highest BCUT2D eigenvalue weighted by Crippen LogP contribution is 2.43. The van der Waals surface area contributed by atoms with Gasteiger partial charge in [-0.15, -0.1) is 11.3 Å². The summed E-state index contributed by atoms with van der Waals surface area (Å²) in [6.45, 7) is 3.78. The molecule has 0 spiro atoms. The second-order valence-corrected chi connectivity index (χ2v) is 8.80. The highest BCUT2D eigenvalue weighted by atomic mass is 32.1. The molecule has 0 N–H and O–H groups in total. The highest BCUT2D eigenvalue weighted by Gasteiger charge is 2.24. The molecular formula is C26H21N2O6S-. The van der Waals surface area contributed by atoms with E-state index >= 15 is 0 Å². The first-order valence-electron chi connectivity index (χ1n) is 10.7. The minimum absolute atomic E-state index is 0.0567. The minimum Gasteiger partial charge on any atom is -0.872 e. The third-order valence-corrected chi connectivity index (χ3v) is 6.42. The zero-order valence-corrected chi connectivity index (χ0v) is 20.0. The van der Waals surface area contributed by atoms with Gasteiger partial charge < -0.3 is 14.6 Å². The van der Waals surface area contributed by atoms with Gasteiger partial charge in [0.2, 0.25) is 0 Å². The number of fused-ring (bicyclic) bond motifs is 1. The fourth-order valence-electron chi connectivity index (χ4n) is 3.75. The molecule has 0 saturated heterocycles. The van der Waals surface area contributed by atoms with Gasteiger partial charge in [-0.1, -0.05) is 30.0 Å². The number of ether oxygens (including phenoxy) is 2. The maximum atomic E-state index is 13.0. The summed E-state index contributed by atoms with van der Waals surface area (Å²) < 4.78 is 10.6. The molecular weight excluding hydrogens is 468 g/mol.